The van der Waals surface area contributed by atoms with Crippen LogP contribution in [-0.2, 0) is 9.59 Å². The smallest absolute Gasteiger partial charge is 0.278 e. The van der Waals surface area contributed by atoms with Crippen LogP contribution in [0.4, 0.5) is 5.69 Å². The number of imide groups is 1. The molecule has 2 aliphatic rings. The fourth-order valence-corrected chi connectivity index (χ4v) is 3.70. The summed E-state index contributed by atoms with van der Waals surface area (Å²) in [4.78, 5) is 27.1. The van der Waals surface area contributed by atoms with Gasteiger partial charge in [-0.2, -0.15) is 0 Å². The number of anilines is 1. The van der Waals surface area contributed by atoms with Crippen LogP contribution in [0, 0.1) is 0 Å². The third-order valence-corrected chi connectivity index (χ3v) is 5.04. The van der Waals surface area contributed by atoms with Crippen LogP contribution in [0.15, 0.2) is 54.8 Å². The van der Waals surface area contributed by atoms with Gasteiger partial charge in [0.15, 0.2) is 11.5 Å². The molecule has 0 saturated heterocycles. The molecule has 2 aromatic rings. The lowest BCUT2D eigenvalue weighted by atomic mass is 10.0. The van der Waals surface area contributed by atoms with E-state index in [1.165, 1.54) is 12.1 Å². The van der Waals surface area contributed by atoms with Gasteiger partial charge < -0.3 is 14.8 Å². The van der Waals surface area contributed by atoms with E-state index in [9.17, 15) is 9.59 Å². The minimum absolute atomic E-state index is 0.0820. The summed E-state index contributed by atoms with van der Waals surface area (Å²) in [6, 6.07) is 9.97. The van der Waals surface area contributed by atoms with Crippen molar-refractivity contribution in [2.24, 2.45) is 0 Å². The maximum Gasteiger partial charge on any atom is 0.278 e. The van der Waals surface area contributed by atoms with Crippen LogP contribution in [0.2, 0.25) is 10.0 Å². The predicted molar refractivity (Wildman–Crippen MR) is 111 cm³/mol. The van der Waals surface area contributed by atoms with E-state index in [1.807, 2.05) is 0 Å². The molecule has 6 nitrogen and oxygen atoms in total. The number of nitrogens with zero attached hydrogens (tertiary/aromatic N) is 1. The number of hydrogen-bond acceptors (Lipinski definition) is 5. The van der Waals surface area contributed by atoms with Crippen molar-refractivity contribution < 1.29 is 19.1 Å². The average Bonchev–Trinajstić information content (AvgIpc) is 2.93. The summed E-state index contributed by atoms with van der Waals surface area (Å²) in [5.41, 5.74) is 1.29. The molecule has 0 radical (unpaired) electrons. The first kappa shape index (κ1) is 19.4. The summed E-state index contributed by atoms with van der Waals surface area (Å²) >= 11 is 12.3. The molecule has 0 aromatic heterocycles. The Kier molecular flexibility index (Phi) is 5.22. The van der Waals surface area contributed by atoms with Gasteiger partial charge in [-0.25, -0.2) is 0 Å². The van der Waals surface area contributed by atoms with E-state index in [-0.39, 0.29) is 22.8 Å². The van der Waals surface area contributed by atoms with Crippen molar-refractivity contribution >= 4 is 46.3 Å². The summed E-state index contributed by atoms with van der Waals surface area (Å²) in [6.45, 7) is 4.62. The van der Waals surface area contributed by atoms with Crippen LogP contribution in [0.1, 0.15) is 5.56 Å². The Morgan fingerprint density at radius 1 is 1.03 bits per heavy atom. The lowest BCUT2D eigenvalue weighted by molar-refractivity contribution is -0.136. The molecule has 8 heteroatoms. The van der Waals surface area contributed by atoms with Crippen molar-refractivity contribution in [3.05, 3.63) is 70.4 Å². The zero-order valence-corrected chi connectivity index (χ0v) is 16.7. The van der Waals surface area contributed by atoms with E-state index in [1.54, 1.807) is 30.3 Å². The first-order chi connectivity index (χ1) is 14.0. The molecule has 2 heterocycles. The fraction of sp³-hybridized carbons (Fsp3) is 0.143. The minimum atomic E-state index is -0.467. The molecule has 0 unspecified atom stereocenters. The molecule has 0 fully saturated rings. The van der Waals surface area contributed by atoms with Crippen molar-refractivity contribution in [3.8, 4) is 11.5 Å². The van der Waals surface area contributed by atoms with Gasteiger partial charge in [0.1, 0.15) is 18.9 Å². The molecular weight excluding hydrogens is 415 g/mol. The first-order valence-electron chi connectivity index (χ1n) is 8.83. The second-order valence-electron chi connectivity index (χ2n) is 6.37. The molecule has 2 aromatic carbocycles. The number of carbonyl (C=O) groups excluding carboxylic acids is 2. The molecule has 2 amide bonds. The average molecular weight is 431 g/mol. The second kappa shape index (κ2) is 7.81. The number of rotatable bonds is 5. The largest absolute Gasteiger partial charge is 0.486 e. The van der Waals surface area contributed by atoms with Crippen LogP contribution >= 0.6 is 23.2 Å². The summed E-state index contributed by atoms with van der Waals surface area (Å²) in [5.74, 6) is 0.261. The highest BCUT2D eigenvalue weighted by Crippen LogP contribution is 2.37. The molecule has 0 spiro atoms. The number of nitrogens with one attached hydrogen (secondary N) is 1. The Labute approximate surface area is 177 Å². The maximum absolute atomic E-state index is 13.0. The van der Waals surface area contributed by atoms with Crippen LogP contribution in [-0.4, -0.2) is 36.5 Å². The Hall–Kier alpha value is -2.96. The highest BCUT2D eigenvalue weighted by Gasteiger charge is 2.39. The van der Waals surface area contributed by atoms with Crippen LogP contribution in [0.3, 0.4) is 0 Å². The predicted octanol–water partition coefficient (Wildman–Crippen LogP) is 4.14. The van der Waals surface area contributed by atoms with Gasteiger partial charge in [0.2, 0.25) is 0 Å². The van der Waals surface area contributed by atoms with Gasteiger partial charge in [-0.1, -0.05) is 35.3 Å². The lowest BCUT2D eigenvalue weighted by Gasteiger charge is -2.19. The van der Waals surface area contributed by atoms with Gasteiger partial charge in [0.25, 0.3) is 11.8 Å². The maximum atomic E-state index is 13.0. The number of amides is 2. The van der Waals surface area contributed by atoms with Gasteiger partial charge in [-0.3, -0.25) is 14.5 Å². The van der Waals surface area contributed by atoms with E-state index in [0.717, 1.165) is 4.90 Å². The Balaban J connectivity index is 1.79. The normalized spacial score (nSPS) is 15.7. The van der Waals surface area contributed by atoms with Crippen LogP contribution in [0.5, 0.6) is 11.5 Å². The standard InChI is InChI=1S/C21H16Cl2N2O4/c1-2-7-25-20(26)18(14-5-3-12(22)10-15(14)23)19(21(25)27)24-13-4-6-16-17(11-13)29-9-8-28-16/h2-6,10-11,24H,1,7-9H2. The summed E-state index contributed by atoms with van der Waals surface area (Å²) < 4.78 is 11.1. The highest BCUT2D eigenvalue weighted by molar-refractivity contribution is 6.41. The van der Waals surface area contributed by atoms with E-state index >= 15 is 0 Å². The summed E-state index contributed by atoms with van der Waals surface area (Å²) in [7, 11) is 0. The second-order valence-corrected chi connectivity index (χ2v) is 7.21. The summed E-state index contributed by atoms with van der Waals surface area (Å²) in [6.07, 6.45) is 1.49. The molecule has 1 N–H and O–H groups in total. The molecule has 148 valence electrons. The molecule has 2 aliphatic heterocycles. The zero-order valence-electron chi connectivity index (χ0n) is 15.2. The third-order valence-electron chi connectivity index (χ3n) is 4.49. The lowest BCUT2D eigenvalue weighted by Crippen LogP contribution is -2.32. The zero-order chi connectivity index (χ0) is 20.5. The highest BCUT2D eigenvalue weighted by atomic mass is 35.5. The van der Waals surface area contributed by atoms with Gasteiger partial charge >= 0.3 is 0 Å². The van der Waals surface area contributed by atoms with Gasteiger partial charge in [0.05, 0.1) is 10.6 Å². The number of carbonyl (C=O) groups is 2. The molecular formula is C21H16Cl2N2O4. The SMILES string of the molecule is C=CCN1C(=O)C(Nc2ccc3c(c2)OCCO3)=C(c2ccc(Cl)cc2Cl)C1=O. The van der Waals surface area contributed by atoms with Crippen molar-refractivity contribution in [3.63, 3.8) is 0 Å². The number of ether oxygens (including phenoxy) is 2. The third kappa shape index (κ3) is 3.57. The number of fused-ring (bicyclic) bond motifs is 1. The molecule has 29 heavy (non-hydrogen) atoms. The van der Waals surface area contributed by atoms with Crippen molar-refractivity contribution in [1.29, 1.82) is 0 Å². The Morgan fingerprint density at radius 2 is 1.79 bits per heavy atom. The van der Waals surface area contributed by atoms with E-state index in [0.29, 0.717) is 41.0 Å². The molecule has 0 atom stereocenters. The quantitative estimate of drug-likeness (QED) is 0.570. The van der Waals surface area contributed by atoms with Crippen LogP contribution < -0.4 is 14.8 Å². The van der Waals surface area contributed by atoms with Gasteiger partial charge in [-0.15, -0.1) is 6.58 Å². The molecule has 4 rings (SSSR count). The van der Waals surface area contributed by atoms with Crippen molar-refractivity contribution in [1.82, 2.24) is 4.90 Å². The van der Waals surface area contributed by atoms with Crippen LogP contribution in [0.25, 0.3) is 5.57 Å². The fourth-order valence-electron chi connectivity index (χ4n) is 3.19. The monoisotopic (exact) mass is 430 g/mol. The topological polar surface area (TPSA) is 67.9 Å². The van der Waals surface area contributed by atoms with Gasteiger partial charge in [-0.05, 0) is 24.3 Å². The van der Waals surface area contributed by atoms with Gasteiger partial charge in [0, 0.05) is 28.9 Å². The minimum Gasteiger partial charge on any atom is -0.486 e. The Bertz CT molecular complexity index is 1060. The number of halogens is 2. The molecule has 0 bridgehead atoms. The van der Waals surface area contributed by atoms with Crippen molar-refractivity contribution in [2.75, 3.05) is 25.1 Å². The molecule has 0 aliphatic carbocycles. The van der Waals surface area contributed by atoms with Crippen molar-refractivity contribution in [2.45, 2.75) is 0 Å². The number of hydrogen-bond donors (Lipinski definition) is 1. The first-order valence-corrected chi connectivity index (χ1v) is 9.58. The van der Waals surface area contributed by atoms with E-state index in [2.05, 4.69) is 11.9 Å². The molecule has 0 saturated carbocycles. The Morgan fingerprint density at radius 3 is 2.52 bits per heavy atom. The number of benzene rings is 2. The van der Waals surface area contributed by atoms with E-state index < -0.39 is 11.8 Å². The summed E-state index contributed by atoms with van der Waals surface area (Å²) in [5, 5.41) is 3.76. The van der Waals surface area contributed by atoms with E-state index in [4.69, 9.17) is 32.7 Å².